The third-order valence-corrected chi connectivity index (χ3v) is 4.82. The van der Waals surface area contributed by atoms with Crippen LogP contribution >= 0.6 is 0 Å². The normalized spacial score (nSPS) is 21.9. The number of aromatic nitrogens is 5. The first-order valence-electron chi connectivity index (χ1n) is 8.14. The summed E-state index contributed by atoms with van der Waals surface area (Å²) in [6.07, 6.45) is 8.34. The third-order valence-electron chi connectivity index (χ3n) is 4.82. The standard InChI is InChI=1S/C16H22N6/c1-2-22-14(7-8-17-22)12-20-9-3-5-13(11-20)16-19-18-15-6-4-10-21(15)16/h2,7-8,13H,1,3-6,9-12H2. The Morgan fingerprint density at radius 3 is 3.14 bits per heavy atom. The van der Waals surface area contributed by atoms with Crippen LogP contribution in [0.2, 0.25) is 0 Å². The molecule has 6 heteroatoms. The zero-order valence-corrected chi connectivity index (χ0v) is 12.9. The summed E-state index contributed by atoms with van der Waals surface area (Å²) in [5.41, 5.74) is 1.20. The maximum absolute atomic E-state index is 4.48. The average molecular weight is 298 g/mol. The zero-order chi connectivity index (χ0) is 14.9. The maximum atomic E-state index is 4.48. The van der Waals surface area contributed by atoms with Gasteiger partial charge in [-0.15, -0.1) is 10.2 Å². The Morgan fingerprint density at radius 2 is 2.23 bits per heavy atom. The summed E-state index contributed by atoms with van der Waals surface area (Å²) in [6, 6.07) is 2.07. The monoisotopic (exact) mass is 298 g/mol. The fourth-order valence-electron chi connectivity index (χ4n) is 3.75. The van der Waals surface area contributed by atoms with Crippen molar-refractivity contribution < 1.29 is 0 Å². The lowest BCUT2D eigenvalue weighted by Crippen LogP contribution is -2.35. The first-order valence-corrected chi connectivity index (χ1v) is 8.14. The SMILES string of the molecule is C=Cn1nccc1CN1CCCC(c2nnc3n2CCC3)C1. The average Bonchev–Trinajstić information content (AvgIpc) is 3.23. The van der Waals surface area contributed by atoms with Gasteiger partial charge in [-0.05, 0) is 31.9 Å². The minimum Gasteiger partial charge on any atom is -0.315 e. The van der Waals surface area contributed by atoms with Gasteiger partial charge in [0.1, 0.15) is 11.6 Å². The van der Waals surface area contributed by atoms with Gasteiger partial charge in [-0.1, -0.05) is 6.58 Å². The van der Waals surface area contributed by atoms with E-state index in [9.17, 15) is 0 Å². The van der Waals surface area contributed by atoms with Gasteiger partial charge in [-0.2, -0.15) is 5.10 Å². The van der Waals surface area contributed by atoms with Gasteiger partial charge in [-0.3, -0.25) is 4.90 Å². The summed E-state index contributed by atoms with van der Waals surface area (Å²) in [5.74, 6) is 2.89. The highest BCUT2D eigenvalue weighted by Gasteiger charge is 2.28. The topological polar surface area (TPSA) is 51.8 Å². The highest BCUT2D eigenvalue weighted by molar-refractivity contribution is 5.20. The lowest BCUT2D eigenvalue weighted by molar-refractivity contribution is 0.191. The van der Waals surface area contributed by atoms with E-state index in [1.54, 1.807) is 6.20 Å². The Balaban J connectivity index is 1.49. The number of nitrogens with zero attached hydrogens (tertiary/aromatic N) is 6. The fraction of sp³-hybridized carbons (Fsp3) is 0.562. The van der Waals surface area contributed by atoms with Crippen LogP contribution in [0, 0.1) is 0 Å². The summed E-state index contributed by atoms with van der Waals surface area (Å²) in [4.78, 5) is 2.50. The summed E-state index contributed by atoms with van der Waals surface area (Å²) >= 11 is 0. The van der Waals surface area contributed by atoms with Crippen molar-refractivity contribution in [3.05, 3.63) is 36.2 Å². The molecule has 1 fully saturated rings. The predicted molar refractivity (Wildman–Crippen MR) is 84.2 cm³/mol. The van der Waals surface area contributed by atoms with Crippen LogP contribution in [0.4, 0.5) is 0 Å². The second kappa shape index (κ2) is 5.68. The van der Waals surface area contributed by atoms with Crippen LogP contribution < -0.4 is 0 Å². The van der Waals surface area contributed by atoms with Crippen molar-refractivity contribution in [3.63, 3.8) is 0 Å². The highest BCUT2D eigenvalue weighted by atomic mass is 15.3. The number of hydrogen-bond acceptors (Lipinski definition) is 4. The van der Waals surface area contributed by atoms with Crippen molar-refractivity contribution in [1.29, 1.82) is 0 Å². The Bertz CT molecular complexity index is 670. The summed E-state index contributed by atoms with van der Waals surface area (Å²) in [5, 5.41) is 13.1. The molecule has 0 saturated carbocycles. The van der Waals surface area contributed by atoms with Crippen molar-refractivity contribution in [1.82, 2.24) is 29.4 Å². The van der Waals surface area contributed by atoms with E-state index in [4.69, 9.17) is 0 Å². The molecule has 0 N–H and O–H groups in total. The molecule has 4 heterocycles. The first kappa shape index (κ1) is 13.7. The number of piperidine rings is 1. The summed E-state index contributed by atoms with van der Waals surface area (Å²) in [6.45, 7) is 8.02. The van der Waals surface area contributed by atoms with Gasteiger partial charge in [0, 0.05) is 44.4 Å². The molecule has 0 radical (unpaired) electrons. The summed E-state index contributed by atoms with van der Waals surface area (Å²) < 4.78 is 4.21. The van der Waals surface area contributed by atoms with Crippen molar-refractivity contribution in [2.24, 2.45) is 0 Å². The van der Waals surface area contributed by atoms with Gasteiger partial charge in [0.15, 0.2) is 0 Å². The number of fused-ring (bicyclic) bond motifs is 1. The van der Waals surface area contributed by atoms with Crippen LogP contribution in [0.5, 0.6) is 0 Å². The molecule has 1 saturated heterocycles. The second-order valence-electron chi connectivity index (χ2n) is 6.25. The van der Waals surface area contributed by atoms with Crippen LogP contribution in [0.3, 0.4) is 0 Å². The first-order chi connectivity index (χ1) is 10.8. The van der Waals surface area contributed by atoms with Crippen molar-refractivity contribution >= 4 is 6.20 Å². The molecule has 0 aromatic carbocycles. The largest absolute Gasteiger partial charge is 0.315 e. The van der Waals surface area contributed by atoms with Crippen LogP contribution in [0.25, 0.3) is 6.20 Å². The smallest absolute Gasteiger partial charge is 0.137 e. The van der Waals surface area contributed by atoms with Crippen molar-refractivity contribution in [2.45, 2.75) is 44.7 Å². The van der Waals surface area contributed by atoms with E-state index >= 15 is 0 Å². The van der Waals surface area contributed by atoms with E-state index in [-0.39, 0.29) is 0 Å². The molecule has 22 heavy (non-hydrogen) atoms. The van der Waals surface area contributed by atoms with Crippen molar-refractivity contribution in [3.8, 4) is 0 Å². The van der Waals surface area contributed by atoms with Gasteiger partial charge in [-0.25, -0.2) is 4.68 Å². The van der Waals surface area contributed by atoms with Gasteiger partial charge in [0.05, 0.1) is 5.69 Å². The van der Waals surface area contributed by atoms with Crippen molar-refractivity contribution in [2.75, 3.05) is 13.1 Å². The van der Waals surface area contributed by atoms with E-state index < -0.39 is 0 Å². The molecule has 6 nitrogen and oxygen atoms in total. The molecule has 116 valence electrons. The molecule has 1 atom stereocenters. The Hall–Kier alpha value is -1.95. The molecule has 0 spiro atoms. The number of rotatable bonds is 4. The van der Waals surface area contributed by atoms with Crippen LogP contribution in [-0.2, 0) is 19.5 Å². The second-order valence-corrected chi connectivity index (χ2v) is 6.25. The Labute approximate surface area is 130 Å². The van der Waals surface area contributed by atoms with E-state index in [2.05, 4.69) is 37.4 Å². The lowest BCUT2D eigenvalue weighted by Gasteiger charge is -2.32. The molecule has 4 rings (SSSR count). The molecule has 1 unspecified atom stereocenters. The highest BCUT2D eigenvalue weighted by Crippen LogP contribution is 2.29. The minimum atomic E-state index is 0.508. The Morgan fingerprint density at radius 1 is 1.27 bits per heavy atom. The molecule has 2 aromatic heterocycles. The van der Waals surface area contributed by atoms with E-state index in [1.165, 1.54) is 36.6 Å². The van der Waals surface area contributed by atoms with Crippen LogP contribution in [0.15, 0.2) is 18.8 Å². The number of likely N-dealkylation sites (tertiary alicyclic amines) is 1. The number of hydrogen-bond donors (Lipinski definition) is 0. The molecule has 2 aromatic rings. The predicted octanol–water partition coefficient (Wildman–Crippen LogP) is 1.90. The fourth-order valence-corrected chi connectivity index (χ4v) is 3.75. The van der Waals surface area contributed by atoms with E-state index in [0.717, 1.165) is 32.6 Å². The third kappa shape index (κ3) is 2.37. The lowest BCUT2D eigenvalue weighted by atomic mass is 9.97. The van der Waals surface area contributed by atoms with E-state index in [1.807, 2.05) is 10.9 Å². The summed E-state index contributed by atoms with van der Waals surface area (Å²) in [7, 11) is 0. The quantitative estimate of drug-likeness (QED) is 0.865. The Kier molecular flexibility index (Phi) is 3.54. The van der Waals surface area contributed by atoms with Crippen LogP contribution in [0.1, 0.15) is 42.5 Å². The van der Waals surface area contributed by atoms with E-state index in [0.29, 0.717) is 5.92 Å². The van der Waals surface area contributed by atoms with Gasteiger partial charge < -0.3 is 4.57 Å². The molecule has 0 bridgehead atoms. The maximum Gasteiger partial charge on any atom is 0.137 e. The molecule has 0 aliphatic carbocycles. The molecule has 0 amide bonds. The zero-order valence-electron chi connectivity index (χ0n) is 12.9. The molecule has 2 aliphatic heterocycles. The minimum absolute atomic E-state index is 0.508. The van der Waals surface area contributed by atoms with Gasteiger partial charge >= 0.3 is 0 Å². The molecular formula is C16H22N6. The molecule has 2 aliphatic rings. The van der Waals surface area contributed by atoms with Gasteiger partial charge in [0.25, 0.3) is 0 Å². The van der Waals surface area contributed by atoms with Crippen LogP contribution in [-0.4, -0.2) is 42.5 Å². The molecular weight excluding hydrogens is 276 g/mol. The number of aryl methyl sites for hydroxylation is 1. The van der Waals surface area contributed by atoms with Gasteiger partial charge in [0.2, 0.25) is 0 Å².